The first-order valence-corrected chi connectivity index (χ1v) is 5.57. The van der Waals surface area contributed by atoms with E-state index in [0.29, 0.717) is 5.02 Å². The zero-order chi connectivity index (χ0) is 9.97. The van der Waals surface area contributed by atoms with Crippen LogP contribution in [0, 0.1) is 0 Å². The van der Waals surface area contributed by atoms with E-state index in [2.05, 4.69) is 9.88 Å². The van der Waals surface area contributed by atoms with Crippen LogP contribution in [0.25, 0.3) is 0 Å². The van der Waals surface area contributed by atoms with Gasteiger partial charge in [-0.2, -0.15) is 0 Å². The number of halogens is 2. The highest BCUT2D eigenvalue weighted by atomic mass is 35.5. The first-order chi connectivity index (χ1) is 6.77. The van der Waals surface area contributed by atoms with Gasteiger partial charge in [-0.05, 0) is 18.9 Å². The highest BCUT2D eigenvalue weighted by molar-refractivity contribution is 6.33. The summed E-state index contributed by atoms with van der Waals surface area (Å²) >= 11 is 12.2. The van der Waals surface area contributed by atoms with Gasteiger partial charge in [0.15, 0.2) is 0 Å². The van der Waals surface area contributed by atoms with Crippen LogP contribution in [0.5, 0.6) is 0 Å². The van der Waals surface area contributed by atoms with Gasteiger partial charge in [0.1, 0.15) is 0 Å². The van der Waals surface area contributed by atoms with Crippen molar-refractivity contribution >= 4 is 28.9 Å². The molecule has 2 nitrogen and oxygen atoms in total. The summed E-state index contributed by atoms with van der Waals surface area (Å²) in [6.07, 6.45) is 5.67. The second-order valence-electron chi connectivity index (χ2n) is 3.51. The number of aromatic nitrogens is 1. The molecule has 0 aromatic carbocycles. The van der Waals surface area contributed by atoms with Crippen molar-refractivity contribution in [1.82, 2.24) is 4.98 Å². The Morgan fingerprint density at radius 1 is 1.50 bits per heavy atom. The molecule has 0 spiro atoms. The Labute approximate surface area is 93.8 Å². The minimum atomic E-state index is 0.244. The SMILES string of the molecule is Clc1cnccc1N1CCCC(Cl)C1. The zero-order valence-corrected chi connectivity index (χ0v) is 9.30. The molecule has 1 saturated heterocycles. The maximum Gasteiger partial charge on any atom is 0.0822 e. The van der Waals surface area contributed by atoms with Gasteiger partial charge in [-0.1, -0.05) is 11.6 Å². The summed E-state index contributed by atoms with van der Waals surface area (Å²) in [5, 5.41) is 0.950. The zero-order valence-electron chi connectivity index (χ0n) is 7.79. The summed E-state index contributed by atoms with van der Waals surface area (Å²) in [6, 6.07) is 1.94. The van der Waals surface area contributed by atoms with Gasteiger partial charge in [-0.15, -0.1) is 11.6 Å². The van der Waals surface area contributed by atoms with E-state index in [1.807, 2.05) is 6.07 Å². The third-order valence-electron chi connectivity index (χ3n) is 2.46. The topological polar surface area (TPSA) is 16.1 Å². The minimum absolute atomic E-state index is 0.244. The molecule has 1 fully saturated rings. The third kappa shape index (κ3) is 2.12. The first-order valence-electron chi connectivity index (χ1n) is 4.76. The van der Waals surface area contributed by atoms with Crippen LogP contribution in [0.2, 0.25) is 5.02 Å². The number of pyridine rings is 1. The highest BCUT2D eigenvalue weighted by Gasteiger charge is 2.19. The average Bonchev–Trinajstić information content (AvgIpc) is 2.18. The molecule has 1 aliphatic heterocycles. The van der Waals surface area contributed by atoms with Crippen molar-refractivity contribution in [1.29, 1.82) is 0 Å². The van der Waals surface area contributed by atoms with Crippen molar-refractivity contribution < 1.29 is 0 Å². The number of nitrogens with zero attached hydrogens (tertiary/aromatic N) is 2. The molecule has 0 aliphatic carbocycles. The molecule has 4 heteroatoms. The molecule has 1 atom stereocenters. The largest absolute Gasteiger partial charge is 0.369 e. The van der Waals surface area contributed by atoms with Crippen LogP contribution in [0.1, 0.15) is 12.8 Å². The van der Waals surface area contributed by atoms with E-state index in [4.69, 9.17) is 23.2 Å². The Morgan fingerprint density at radius 2 is 2.36 bits per heavy atom. The summed E-state index contributed by atoms with van der Waals surface area (Å²) in [4.78, 5) is 6.19. The van der Waals surface area contributed by atoms with Crippen LogP contribution in [0.4, 0.5) is 5.69 Å². The van der Waals surface area contributed by atoms with Crippen LogP contribution in [0.15, 0.2) is 18.5 Å². The van der Waals surface area contributed by atoms with Crippen LogP contribution in [-0.4, -0.2) is 23.5 Å². The number of rotatable bonds is 1. The van der Waals surface area contributed by atoms with Gasteiger partial charge >= 0.3 is 0 Å². The Kier molecular flexibility index (Phi) is 3.14. The predicted octanol–water partition coefficient (Wildman–Crippen LogP) is 2.94. The van der Waals surface area contributed by atoms with E-state index in [0.717, 1.165) is 31.6 Å². The molecule has 0 radical (unpaired) electrons. The fourth-order valence-corrected chi connectivity index (χ4v) is 2.33. The van der Waals surface area contributed by atoms with Crippen molar-refractivity contribution in [2.24, 2.45) is 0 Å². The van der Waals surface area contributed by atoms with Gasteiger partial charge in [-0.3, -0.25) is 4.98 Å². The molecular formula is C10H12Cl2N2. The maximum atomic E-state index is 6.11. The lowest BCUT2D eigenvalue weighted by Gasteiger charge is -2.32. The Balaban J connectivity index is 2.18. The highest BCUT2D eigenvalue weighted by Crippen LogP contribution is 2.28. The van der Waals surface area contributed by atoms with Crippen molar-refractivity contribution in [3.63, 3.8) is 0 Å². The second-order valence-corrected chi connectivity index (χ2v) is 4.54. The average molecular weight is 231 g/mol. The van der Waals surface area contributed by atoms with Crippen molar-refractivity contribution in [3.05, 3.63) is 23.5 Å². The monoisotopic (exact) mass is 230 g/mol. The molecule has 0 amide bonds. The second kappa shape index (κ2) is 4.37. The van der Waals surface area contributed by atoms with E-state index in [1.165, 1.54) is 0 Å². The maximum absolute atomic E-state index is 6.11. The molecule has 1 aromatic rings. The smallest absolute Gasteiger partial charge is 0.0822 e. The fraction of sp³-hybridized carbons (Fsp3) is 0.500. The predicted molar refractivity (Wildman–Crippen MR) is 60.3 cm³/mol. The molecule has 1 aliphatic rings. The lowest BCUT2D eigenvalue weighted by Crippen LogP contribution is -2.36. The van der Waals surface area contributed by atoms with Crippen LogP contribution >= 0.6 is 23.2 Å². The summed E-state index contributed by atoms with van der Waals surface area (Å²) in [6.45, 7) is 1.91. The van der Waals surface area contributed by atoms with E-state index in [1.54, 1.807) is 12.4 Å². The molecule has 76 valence electrons. The minimum Gasteiger partial charge on any atom is -0.369 e. The molecule has 2 heterocycles. The van der Waals surface area contributed by atoms with Crippen LogP contribution in [-0.2, 0) is 0 Å². The number of alkyl halides is 1. The number of piperidine rings is 1. The number of anilines is 1. The van der Waals surface area contributed by atoms with Gasteiger partial charge in [0.05, 0.1) is 16.1 Å². The summed E-state index contributed by atoms with van der Waals surface area (Å²) in [5.41, 5.74) is 1.05. The lowest BCUT2D eigenvalue weighted by molar-refractivity contribution is 0.584. The normalized spacial score (nSPS) is 22.4. The molecule has 1 unspecified atom stereocenters. The van der Waals surface area contributed by atoms with E-state index in [-0.39, 0.29) is 5.38 Å². The Hall–Kier alpha value is -0.470. The third-order valence-corrected chi connectivity index (χ3v) is 3.10. The van der Waals surface area contributed by atoms with E-state index >= 15 is 0 Å². The van der Waals surface area contributed by atoms with Gasteiger partial charge < -0.3 is 4.90 Å². The fourth-order valence-electron chi connectivity index (χ4n) is 1.77. The van der Waals surface area contributed by atoms with Gasteiger partial charge in [0.2, 0.25) is 0 Å². The van der Waals surface area contributed by atoms with Gasteiger partial charge in [-0.25, -0.2) is 0 Å². The van der Waals surface area contributed by atoms with Crippen molar-refractivity contribution in [3.8, 4) is 0 Å². The van der Waals surface area contributed by atoms with E-state index < -0.39 is 0 Å². The van der Waals surface area contributed by atoms with Crippen LogP contribution < -0.4 is 4.90 Å². The Bertz CT molecular complexity index is 317. The Morgan fingerprint density at radius 3 is 3.07 bits per heavy atom. The first kappa shape index (κ1) is 10.1. The van der Waals surface area contributed by atoms with Crippen LogP contribution in [0.3, 0.4) is 0 Å². The molecule has 0 N–H and O–H groups in total. The van der Waals surface area contributed by atoms with Crippen molar-refractivity contribution in [2.45, 2.75) is 18.2 Å². The van der Waals surface area contributed by atoms with E-state index in [9.17, 15) is 0 Å². The van der Waals surface area contributed by atoms with Crippen molar-refractivity contribution in [2.75, 3.05) is 18.0 Å². The summed E-state index contributed by atoms with van der Waals surface area (Å²) in [7, 11) is 0. The quantitative estimate of drug-likeness (QED) is 0.691. The number of hydrogen-bond donors (Lipinski definition) is 0. The molecule has 0 saturated carbocycles. The standard InChI is InChI=1S/C10H12Cl2N2/c11-8-2-1-5-14(7-8)10-3-4-13-6-9(10)12/h3-4,6,8H,1-2,5,7H2. The molecule has 2 rings (SSSR count). The number of hydrogen-bond acceptors (Lipinski definition) is 2. The summed E-state index contributed by atoms with van der Waals surface area (Å²) < 4.78 is 0. The lowest BCUT2D eigenvalue weighted by atomic mass is 10.1. The molecule has 1 aromatic heterocycles. The molecule has 0 bridgehead atoms. The van der Waals surface area contributed by atoms with Gasteiger partial charge in [0.25, 0.3) is 0 Å². The van der Waals surface area contributed by atoms with Gasteiger partial charge in [0, 0.05) is 25.5 Å². The summed E-state index contributed by atoms with van der Waals surface area (Å²) in [5.74, 6) is 0. The molecular weight excluding hydrogens is 219 g/mol. The molecule has 14 heavy (non-hydrogen) atoms.